The van der Waals surface area contributed by atoms with E-state index in [1.54, 1.807) is 25.6 Å². The molecule has 4 rings (SSSR count). The second-order valence-corrected chi connectivity index (χ2v) is 9.23. The van der Waals surface area contributed by atoms with Crippen molar-refractivity contribution in [3.63, 3.8) is 0 Å². The van der Waals surface area contributed by atoms with Crippen LogP contribution in [0.3, 0.4) is 0 Å². The summed E-state index contributed by atoms with van der Waals surface area (Å²) in [6, 6.07) is 5.06. The zero-order valence-electron chi connectivity index (χ0n) is 20.0. The van der Waals surface area contributed by atoms with Gasteiger partial charge in [0.2, 0.25) is 5.91 Å². The van der Waals surface area contributed by atoms with E-state index in [1.807, 2.05) is 31.4 Å². The lowest BCUT2D eigenvalue weighted by Gasteiger charge is -2.28. The van der Waals surface area contributed by atoms with Gasteiger partial charge < -0.3 is 20.5 Å². The second-order valence-electron chi connectivity index (χ2n) is 9.23. The third-order valence-corrected chi connectivity index (χ3v) is 6.46. The molecule has 1 aliphatic carbocycles. The van der Waals surface area contributed by atoms with Gasteiger partial charge in [0, 0.05) is 31.2 Å². The molecule has 1 fully saturated rings. The van der Waals surface area contributed by atoms with E-state index in [4.69, 9.17) is 0 Å². The van der Waals surface area contributed by atoms with E-state index in [-0.39, 0.29) is 35.8 Å². The Morgan fingerprint density at radius 1 is 1.18 bits per heavy atom. The number of hydrogen-bond donors (Lipinski definition) is 3. The number of amides is 3. The van der Waals surface area contributed by atoms with Gasteiger partial charge in [0.05, 0.1) is 11.8 Å². The van der Waals surface area contributed by atoms with Gasteiger partial charge in [-0.05, 0) is 74.9 Å². The van der Waals surface area contributed by atoms with E-state index in [9.17, 15) is 14.0 Å². The molecule has 2 atom stereocenters. The van der Waals surface area contributed by atoms with Crippen LogP contribution >= 0.6 is 0 Å². The van der Waals surface area contributed by atoms with Gasteiger partial charge in [0.1, 0.15) is 11.3 Å². The fraction of sp³-hybridized carbons (Fsp3) is 0.440. The number of aromatic nitrogens is 3. The number of pyridine rings is 1. The van der Waals surface area contributed by atoms with Crippen LogP contribution in [0.2, 0.25) is 0 Å². The first-order valence-electron chi connectivity index (χ1n) is 11.7. The van der Waals surface area contributed by atoms with Gasteiger partial charge in [-0.3, -0.25) is 4.79 Å². The van der Waals surface area contributed by atoms with Crippen LogP contribution in [0.15, 0.2) is 30.7 Å². The maximum atomic E-state index is 14.9. The summed E-state index contributed by atoms with van der Waals surface area (Å²) in [5, 5.41) is 8.37. The number of carbonyl (C=O) groups is 2. The number of carbonyl (C=O) groups excluding carboxylic acids is 2. The monoisotopic (exact) mass is 466 g/mol. The standard InChI is InChI=1S/C25H31FN6O2/c1-14(2)32-13-29-23-20(26)9-17(10-21(23)32)19-11-22(28-12-15(19)3)31-24(33)16-6-5-7-18(8-16)30-25(34)27-4/h9-14,16,18H,5-8H2,1-4H3,(H2,27,30,34)(H,28,31,33)/t16-,18+/m0/s1. The highest BCUT2D eigenvalue weighted by molar-refractivity contribution is 5.93. The van der Waals surface area contributed by atoms with Crippen LogP contribution in [0, 0.1) is 18.7 Å². The minimum absolute atomic E-state index is 0.0356. The smallest absolute Gasteiger partial charge is 0.314 e. The highest BCUT2D eigenvalue weighted by Crippen LogP contribution is 2.31. The molecule has 3 amide bonds. The first-order valence-corrected chi connectivity index (χ1v) is 11.7. The first-order chi connectivity index (χ1) is 16.3. The number of imidazole rings is 1. The number of nitrogens with zero attached hydrogens (tertiary/aromatic N) is 3. The van der Waals surface area contributed by atoms with Crippen molar-refractivity contribution in [3.05, 3.63) is 42.1 Å². The normalized spacial score (nSPS) is 18.2. The van der Waals surface area contributed by atoms with Gasteiger partial charge in [-0.15, -0.1) is 0 Å². The Morgan fingerprint density at radius 3 is 2.71 bits per heavy atom. The Morgan fingerprint density at radius 2 is 1.97 bits per heavy atom. The molecule has 1 aromatic carbocycles. The average molecular weight is 467 g/mol. The van der Waals surface area contributed by atoms with Crippen LogP contribution in [0.4, 0.5) is 15.0 Å². The molecule has 1 saturated carbocycles. The summed E-state index contributed by atoms with van der Waals surface area (Å²) in [5.41, 5.74) is 3.44. The zero-order chi connectivity index (χ0) is 24.4. The van der Waals surface area contributed by atoms with Gasteiger partial charge in [0.15, 0.2) is 5.82 Å². The average Bonchev–Trinajstić information content (AvgIpc) is 3.25. The Hall–Kier alpha value is -3.49. The van der Waals surface area contributed by atoms with Crippen molar-refractivity contribution in [3.8, 4) is 11.1 Å². The van der Waals surface area contributed by atoms with Crippen molar-refractivity contribution in [2.24, 2.45) is 5.92 Å². The van der Waals surface area contributed by atoms with E-state index < -0.39 is 0 Å². The molecule has 180 valence electrons. The maximum absolute atomic E-state index is 14.9. The molecule has 8 nitrogen and oxygen atoms in total. The summed E-state index contributed by atoms with van der Waals surface area (Å²) >= 11 is 0. The predicted molar refractivity (Wildman–Crippen MR) is 130 cm³/mol. The first kappa shape index (κ1) is 23.7. The van der Waals surface area contributed by atoms with Crippen LogP contribution < -0.4 is 16.0 Å². The highest BCUT2D eigenvalue weighted by Gasteiger charge is 2.28. The molecule has 34 heavy (non-hydrogen) atoms. The number of anilines is 1. The Balaban J connectivity index is 1.56. The summed E-state index contributed by atoms with van der Waals surface area (Å²) in [6.07, 6.45) is 6.40. The molecule has 0 aliphatic heterocycles. The molecule has 3 aromatic rings. The SMILES string of the molecule is CNC(=O)N[C@@H]1CCC[C@H](C(=O)Nc2cc(-c3cc(F)c4ncn(C(C)C)c4c3)c(C)cn2)C1. The lowest BCUT2D eigenvalue weighted by Crippen LogP contribution is -2.44. The molecule has 3 N–H and O–H groups in total. The van der Waals surface area contributed by atoms with E-state index in [2.05, 4.69) is 25.9 Å². The molecule has 0 spiro atoms. The number of urea groups is 1. The molecule has 0 saturated heterocycles. The van der Waals surface area contributed by atoms with Crippen LogP contribution in [0.5, 0.6) is 0 Å². The lowest BCUT2D eigenvalue weighted by atomic mass is 9.85. The van der Waals surface area contributed by atoms with Crippen molar-refractivity contribution in [2.75, 3.05) is 12.4 Å². The van der Waals surface area contributed by atoms with Crippen molar-refractivity contribution in [1.82, 2.24) is 25.2 Å². The molecule has 0 unspecified atom stereocenters. The number of nitrogens with one attached hydrogen (secondary N) is 3. The fourth-order valence-electron chi connectivity index (χ4n) is 4.61. The highest BCUT2D eigenvalue weighted by atomic mass is 19.1. The molecular weight excluding hydrogens is 435 g/mol. The van der Waals surface area contributed by atoms with Crippen LogP contribution in [-0.4, -0.2) is 39.6 Å². The van der Waals surface area contributed by atoms with Gasteiger partial charge >= 0.3 is 6.03 Å². The summed E-state index contributed by atoms with van der Waals surface area (Å²) in [7, 11) is 1.57. The molecule has 0 radical (unpaired) electrons. The largest absolute Gasteiger partial charge is 0.341 e. The van der Waals surface area contributed by atoms with E-state index >= 15 is 0 Å². The van der Waals surface area contributed by atoms with Crippen molar-refractivity contribution < 1.29 is 14.0 Å². The van der Waals surface area contributed by atoms with Gasteiger partial charge in [0.25, 0.3) is 0 Å². The predicted octanol–water partition coefficient (Wildman–Crippen LogP) is 4.55. The molecule has 2 heterocycles. The number of aryl methyl sites for hydroxylation is 1. The quantitative estimate of drug-likeness (QED) is 0.513. The molecule has 9 heteroatoms. The summed E-state index contributed by atoms with van der Waals surface area (Å²) in [5.74, 6) is -0.294. The van der Waals surface area contributed by atoms with Crippen molar-refractivity contribution in [1.29, 1.82) is 0 Å². The van der Waals surface area contributed by atoms with E-state index in [0.717, 1.165) is 35.9 Å². The Labute approximate surface area is 198 Å². The van der Waals surface area contributed by atoms with Crippen LogP contribution in [0.25, 0.3) is 22.2 Å². The summed E-state index contributed by atoms with van der Waals surface area (Å²) in [6.45, 7) is 5.96. The topological polar surface area (TPSA) is 101 Å². The van der Waals surface area contributed by atoms with Gasteiger partial charge in [-0.1, -0.05) is 6.42 Å². The molecule has 2 aromatic heterocycles. The van der Waals surface area contributed by atoms with Crippen molar-refractivity contribution in [2.45, 2.75) is 58.5 Å². The number of hydrogen-bond acceptors (Lipinski definition) is 4. The van der Waals surface area contributed by atoms with E-state index in [1.165, 1.54) is 6.07 Å². The number of benzene rings is 1. The maximum Gasteiger partial charge on any atom is 0.314 e. The van der Waals surface area contributed by atoms with E-state index in [0.29, 0.717) is 23.3 Å². The Kier molecular flexibility index (Phi) is 6.81. The lowest BCUT2D eigenvalue weighted by molar-refractivity contribution is -0.121. The van der Waals surface area contributed by atoms with Crippen LogP contribution in [-0.2, 0) is 4.79 Å². The number of halogens is 1. The molecule has 1 aliphatic rings. The second kappa shape index (κ2) is 9.79. The molecular formula is C25H31FN6O2. The summed E-state index contributed by atoms with van der Waals surface area (Å²) in [4.78, 5) is 33.2. The third-order valence-electron chi connectivity index (χ3n) is 6.46. The van der Waals surface area contributed by atoms with Crippen LogP contribution in [0.1, 0.15) is 51.1 Å². The third kappa shape index (κ3) is 4.88. The fourth-order valence-corrected chi connectivity index (χ4v) is 4.61. The number of rotatable bonds is 5. The Bertz CT molecular complexity index is 1220. The number of fused-ring (bicyclic) bond motifs is 1. The van der Waals surface area contributed by atoms with Gasteiger partial charge in [-0.2, -0.15) is 0 Å². The summed E-state index contributed by atoms with van der Waals surface area (Å²) < 4.78 is 16.8. The van der Waals surface area contributed by atoms with Crippen molar-refractivity contribution >= 4 is 28.8 Å². The minimum atomic E-state index is -0.384. The zero-order valence-corrected chi connectivity index (χ0v) is 20.0. The van der Waals surface area contributed by atoms with Gasteiger partial charge in [-0.25, -0.2) is 19.2 Å². The minimum Gasteiger partial charge on any atom is -0.341 e. The molecule has 0 bridgehead atoms.